The number of esters is 1. The molecule has 0 spiro atoms. The van der Waals surface area contributed by atoms with E-state index in [1.165, 1.54) is 12.8 Å². The van der Waals surface area contributed by atoms with E-state index in [0.717, 1.165) is 31.3 Å². The summed E-state index contributed by atoms with van der Waals surface area (Å²) in [5.41, 5.74) is 1.12. The Labute approximate surface area is 151 Å². The molecular weight excluding hydrogens is 319 g/mol. The largest absolute Gasteiger partial charge is 0.495 e. The predicted molar refractivity (Wildman–Crippen MR) is 97.9 cm³/mol. The minimum Gasteiger partial charge on any atom is -0.495 e. The number of hydrogen-bond donors (Lipinski definition) is 0. The lowest BCUT2D eigenvalue weighted by Gasteiger charge is -2.24. The van der Waals surface area contributed by atoms with Crippen molar-refractivity contribution in [2.75, 3.05) is 13.2 Å². The van der Waals surface area contributed by atoms with Gasteiger partial charge in [0, 0.05) is 6.42 Å². The van der Waals surface area contributed by atoms with Gasteiger partial charge in [-0.1, -0.05) is 31.9 Å². The molecule has 1 unspecified atom stereocenters. The third kappa shape index (κ3) is 7.62. The van der Waals surface area contributed by atoms with Crippen LogP contribution < -0.4 is 0 Å². The van der Waals surface area contributed by atoms with Crippen LogP contribution in [0.25, 0.3) is 0 Å². The van der Waals surface area contributed by atoms with Gasteiger partial charge in [0.2, 0.25) is 0 Å². The van der Waals surface area contributed by atoms with Gasteiger partial charge in [-0.3, -0.25) is 4.79 Å². The van der Waals surface area contributed by atoms with Crippen molar-refractivity contribution in [1.82, 2.24) is 0 Å². The van der Waals surface area contributed by atoms with E-state index < -0.39 is 6.17 Å². The molecule has 0 amide bonds. The van der Waals surface area contributed by atoms with Crippen LogP contribution >= 0.6 is 0 Å². The van der Waals surface area contributed by atoms with Crippen molar-refractivity contribution in [1.29, 1.82) is 0 Å². The van der Waals surface area contributed by atoms with Crippen LogP contribution in [0.1, 0.15) is 72.1 Å². The highest BCUT2D eigenvalue weighted by Crippen LogP contribution is 2.33. The van der Waals surface area contributed by atoms with Gasteiger partial charge in [-0.15, -0.1) is 0 Å². The molecule has 1 saturated carbocycles. The fourth-order valence-corrected chi connectivity index (χ4v) is 3.17. The van der Waals surface area contributed by atoms with Crippen LogP contribution in [0.2, 0.25) is 0 Å². The number of halogens is 1. The van der Waals surface area contributed by atoms with E-state index in [-0.39, 0.29) is 11.4 Å². The SMILES string of the molecule is CCOC(=O)CC(C)(C)CCCCC1=CC=C(OCC2CC2)C(F)C1. The summed E-state index contributed by atoms with van der Waals surface area (Å²) < 4.78 is 24.8. The highest BCUT2D eigenvalue weighted by Gasteiger charge is 2.26. The molecule has 0 aromatic heterocycles. The van der Waals surface area contributed by atoms with Crippen LogP contribution in [0.15, 0.2) is 23.5 Å². The van der Waals surface area contributed by atoms with E-state index in [1.807, 2.05) is 19.1 Å². The highest BCUT2D eigenvalue weighted by atomic mass is 19.1. The first kappa shape index (κ1) is 20.0. The number of carbonyl (C=O) groups is 1. The van der Waals surface area contributed by atoms with Gasteiger partial charge in [0.15, 0.2) is 6.17 Å². The molecule has 2 aliphatic rings. The highest BCUT2D eigenvalue weighted by molar-refractivity contribution is 5.70. The van der Waals surface area contributed by atoms with Crippen molar-refractivity contribution >= 4 is 5.97 Å². The van der Waals surface area contributed by atoms with Gasteiger partial charge < -0.3 is 9.47 Å². The fourth-order valence-electron chi connectivity index (χ4n) is 3.17. The quantitative estimate of drug-likeness (QED) is 0.363. The Morgan fingerprint density at radius 3 is 2.68 bits per heavy atom. The van der Waals surface area contributed by atoms with E-state index in [2.05, 4.69) is 13.8 Å². The molecule has 0 aromatic carbocycles. The van der Waals surface area contributed by atoms with Crippen molar-refractivity contribution in [3.8, 4) is 0 Å². The second-order valence-corrected chi connectivity index (χ2v) is 8.17. The third-order valence-electron chi connectivity index (χ3n) is 4.95. The van der Waals surface area contributed by atoms with E-state index >= 15 is 0 Å². The second-order valence-electron chi connectivity index (χ2n) is 8.17. The monoisotopic (exact) mass is 352 g/mol. The van der Waals surface area contributed by atoms with Crippen LogP contribution in [0, 0.1) is 11.3 Å². The summed E-state index contributed by atoms with van der Waals surface area (Å²) in [5.74, 6) is 1.04. The number of carbonyl (C=O) groups excluding carboxylic acids is 1. The Kier molecular flexibility index (Phi) is 7.52. The zero-order chi connectivity index (χ0) is 18.3. The molecule has 0 heterocycles. The number of unbranched alkanes of at least 4 members (excludes halogenated alkanes) is 1. The molecule has 1 atom stereocenters. The maximum absolute atomic E-state index is 14.2. The molecular formula is C21H33FO3. The molecule has 3 nitrogen and oxygen atoms in total. The Morgan fingerprint density at radius 1 is 1.28 bits per heavy atom. The third-order valence-corrected chi connectivity index (χ3v) is 4.95. The van der Waals surface area contributed by atoms with Gasteiger partial charge in [0.05, 0.1) is 19.6 Å². The summed E-state index contributed by atoms with van der Waals surface area (Å²) in [4.78, 5) is 11.6. The maximum atomic E-state index is 14.2. The smallest absolute Gasteiger partial charge is 0.306 e. The summed E-state index contributed by atoms with van der Waals surface area (Å²) in [6, 6.07) is 0. The van der Waals surface area contributed by atoms with Crippen LogP contribution in [0.5, 0.6) is 0 Å². The van der Waals surface area contributed by atoms with Gasteiger partial charge in [0.25, 0.3) is 0 Å². The normalized spacial score (nSPS) is 20.7. The van der Waals surface area contributed by atoms with E-state index in [0.29, 0.717) is 37.7 Å². The second kappa shape index (κ2) is 9.40. The lowest BCUT2D eigenvalue weighted by Crippen LogP contribution is -2.19. The van der Waals surface area contributed by atoms with E-state index in [9.17, 15) is 9.18 Å². The molecule has 0 N–H and O–H groups in total. The summed E-state index contributed by atoms with van der Waals surface area (Å²) in [6.45, 7) is 7.15. The van der Waals surface area contributed by atoms with Crippen LogP contribution in [-0.2, 0) is 14.3 Å². The zero-order valence-corrected chi connectivity index (χ0v) is 16.0. The Balaban J connectivity index is 1.66. The number of allylic oxidation sites excluding steroid dienone is 4. The average molecular weight is 352 g/mol. The Hall–Kier alpha value is -1.32. The van der Waals surface area contributed by atoms with Gasteiger partial charge >= 0.3 is 5.97 Å². The lowest BCUT2D eigenvalue weighted by atomic mass is 9.83. The van der Waals surface area contributed by atoms with Gasteiger partial charge in [-0.2, -0.15) is 0 Å². The molecule has 0 saturated heterocycles. The van der Waals surface area contributed by atoms with Crippen LogP contribution in [0.4, 0.5) is 4.39 Å². The zero-order valence-electron chi connectivity index (χ0n) is 16.0. The minimum absolute atomic E-state index is 0.0421. The maximum Gasteiger partial charge on any atom is 0.306 e. The van der Waals surface area contributed by atoms with Crippen molar-refractivity contribution in [3.05, 3.63) is 23.5 Å². The summed E-state index contributed by atoms with van der Waals surface area (Å²) in [7, 11) is 0. The van der Waals surface area contributed by atoms with Crippen molar-refractivity contribution in [3.63, 3.8) is 0 Å². The molecule has 4 heteroatoms. The van der Waals surface area contributed by atoms with Gasteiger partial charge in [-0.25, -0.2) is 4.39 Å². The first-order valence-corrected chi connectivity index (χ1v) is 9.72. The Morgan fingerprint density at radius 2 is 2.04 bits per heavy atom. The average Bonchev–Trinajstić information content (AvgIpc) is 3.34. The topological polar surface area (TPSA) is 35.5 Å². The molecule has 0 bridgehead atoms. The first-order valence-electron chi connectivity index (χ1n) is 9.72. The summed E-state index contributed by atoms with van der Waals surface area (Å²) in [6.07, 6.45) is 10.2. The summed E-state index contributed by atoms with van der Waals surface area (Å²) >= 11 is 0. The molecule has 142 valence electrons. The fraction of sp³-hybridized carbons (Fsp3) is 0.762. The summed E-state index contributed by atoms with van der Waals surface area (Å²) in [5, 5.41) is 0. The minimum atomic E-state index is -0.987. The molecule has 1 fully saturated rings. The lowest BCUT2D eigenvalue weighted by molar-refractivity contribution is -0.145. The molecule has 2 aliphatic carbocycles. The number of hydrogen-bond acceptors (Lipinski definition) is 3. The first-order chi connectivity index (χ1) is 11.9. The number of alkyl halides is 1. The Bertz CT molecular complexity index is 503. The molecule has 25 heavy (non-hydrogen) atoms. The van der Waals surface area contributed by atoms with Crippen LogP contribution in [0.3, 0.4) is 0 Å². The number of rotatable bonds is 11. The van der Waals surface area contributed by atoms with Crippen molar-refractivity contribution in [2.45, 2.75) is 78.3 Å². The van der Waals surface area contributed by atoms with Gasteiger partial charge in [-0.05, 0) is 56.4 Å². The van der Waals surface area contributed by atoms with E-state index in [4.69, 9.17) is 9.47 Å². The standard InChI is InChI=1S/C21H33FO3/c1-4-24-20(23)14-21(2,3)12-6-5-7-16-10-11-19(18(22)13-16)25-15-17-8-9-17/h10-11,17-18H,4-9,12-15H2,1-3H3. The van der Waals surface area contributed by atoms with Crippen molar-refractivity contribution < 1.29 is 18.7 Å². The molecule has 0 radical (unpaired) electrons. The molecule has 0 aromatic rings. The predicted octanol–water partition coefficient (Wildman–Crippen LogP) is 5.50. The van der Waals surface area contributed by atoms with Crippen molar-refractivity contribution in [2.24, 2.45) is 11.3 Å². The molecule has 2 rings (SSSR count). The number of ether oxygens (including phenoxy) is 2. The van der Waals surface area contributed by atoms with E-state index in [1.54, 1.807) is 0 Å². The van der Waals surface area contributed by atoms with Gasteiger partial charge in [0.1, 0.15) is 5.76 Å². The van der Waals surface area contributed by atoms with Crippen LogP contribution in [-0.4, -0.2) is 25.4 Å². The molecule has 0 aliphatic heterocycles.